The molecule has 1 unspecified atom stereocenters. The van der Waals surface area contributed by atoms with Gasteiger partial charge in [0.05, 0.1) is 0 Å². The molecule has 1 aliphatic heterocycles. The molecular formula is C17H24FNO. The Bertz CT molecular complexity index is 492. The summed E-state index contributed by atoms with van der Waals surface area (Å²) in [6, 6.07) is 4.69. The SMILES string of the molecule is CC(C)C1CCC2(CC1)CC(N)c1ccc(F)cc1O2. The van der Waals surface area contributed by atoms with Crippen molar-refractivity contribution >= 4 is 0 Å². The van der Waals surface area contributed by atoms with Gasteiger partial charge in [-0.25, -0.2) is 4.39 Å². The number of hydrogen-bond donors (Lipinski definition) is 1. The molecule has 1 aliphatic carbocycles. The fraction of sp³-hybridized carbons (Fsp3) is 0.647. The number of benzene rings is 1. The van der Waals surface area contributed by atoms with Crippen LogP contribution in [0.4, 0.5) is 4.39 Å². The van der Waals surface area contributed by atoms with E-state index in [0.29, 0.717) is 5.75 Å². The van der Waals surface area contributed by atoms with E-state index in [1.165, 1.54) is 25.0 Å². The maximum Gasteiger partial charge on any atom is 0.127 e. The van der Waals surface area contributed by atoms with E-state index in [4.69, 9.17) is 10.5 Å². The highest BCUT2D eigenvalue weighted by molar-refractivity contribution is 5.39. The zero-order chi connectivity index (χ0) is 14.3. The molecule has 20 heavy (non-hydrogen) atoms. The molecule has 3 heteroatoms. The number of ether oxygens (including phenoxy) is 1. The second-order valence-electron chi connectivity index (χ2n) is 6.86. The van der Waals surface area contributed by atoms with E-state index in [2.05, 4.69) is 13.8 Å². The predicted octanol–water partition coefficient (Wildman–Crippen LogP) is 4.19. The number of halogens is 1. The molecule has 1 saturated carbocycles. The lowest BCUT2D eigenvalue weighted by Crippen LogP contribution is -2.46. The molecule has 0 amide bonds. The molecule has 0 saturated heterocycles. The van der Waals surface area contributed by atoms with Crippen LogP contribution in [-0.2, 0) is 0 Å². The van der Waals surface area contributed by atoms with Crippen LogP contribution in [0.15, 0.2) is 18.2 Å². The summed E-state index contributed by atoms with van der Waals surface area (Å²) in [7, 11) is 0. The summed E-state index contributed by atoms with van der Waals surface area (Å²) in [4.78, 5) is 0. The van der Waals surface area contributed by atoms with Gasteiger partial charge in [0, 0.05) is 24.1 Å². The Hall–Kier alpha value is -1.09. The van der Waals surface area contributed by atoms with Crippen molar-refractivity contribution in [3.05, 3.63) is 29.6 Å². The van der Waals surface area contributed by atoms with Crippen LogP contribution in [0.25, 0.3) is 0 Å². The van der Waals surface area contributed by atoms with E-state index in [-0.39, 0.29) is 17.5 Å². The lowest BCUT2D eigenvalue weighted by molar-refractivity contribution is -0.0162. The predicted molar refractivity (Wildman–Crippen MR) is 78.1 cm³/mol. The highest BCUT2D eigenvalue weighted by atomic mass is 19.1. The summed E-state index contributed by atoms with van der Waals surface area (Å²) >= 11 is 0. The van der Waals surface area contributed by atoms with Gasteiger partial charge >= 0.3 is 0 Å². The molecule has 0 bridgehead atoms. The molecule has 1 spiro atoms. The molecule has 3 rings (SSSR count). The molecule has 1 fully saturated rings. The highest BCUT2D eigenvalue weighted by Crippen LogP contribution is 2.47. The lowest BCUT2D eigenvalue weighted by atomic mass is 9.71. The molecule has 0 aromatic heterocycles. The van der Waals surface area contributed by atoms with Gasteiger partial charge in [-0.3, -0.25) is 0 Å². The van der Waals surface area contributed by atoms with Crippen LogP contribution in [0.3, 0.4) is 0 Å². The first kappa shape index (κ1) is 13.9. The van der Waals surface area contributed by atoms with Crippen molar-refractivity contribution in [3.63, 3.8) is 0 Å². The number of nitrogens with two attached hydrogens (primary N) is 1. The van der Waals surface area contributed by atoms with Gasteiger partial charge in [0.1, 0.15) is 17.2 Å². The third kappa shape index (κ3) is 2.44. The van der Waals surface area contributed by atoms with E-state index < -0.39 is 0 Å². The Morgan fingerprint density at radius 1 is 1.30 bits per heavy atom. The van der Waals surface area contributed by atoms with Gasteiger partial charge in [-0.1, -0.05) is 19.9 Å². The average molecular weight is 277 g/mol. The summed E-state index contributed by atoms with van der Waals surface area (Å²) in [5, 5.41) is 0. The van der Waals surface area contributed by atoms with E-state index in [9.17, 15) is 4.39 Å². The summed E-state index contributed by atoms with van der Waals surface area (Å²) < 4.78 is 19.6. The minimum absolute atomic E-state index is 0.0325. The van der Waals surface area contributed by atoms with Crippen LogP contribution >= 0.6 is 0 Å². The summed E-state index contributed by atoms with van der Waals surface area (Å²) in [5.74, 6) is 1.93. The standard InChI is InChI=1S/C17H24FNO/c1-11(2)12-5-7-17(8-6-12)10-15(19)14-4-3-13(18)9-16(14)20-17/h3-4,9,11-12,15H,5-8,10,19H2,1-2H3. The average Bonchev–Trinajstić information content (AvgIpc) is 2.38. The maximum atomic E-state index is 13.4. The van der Waals surface area contributed by atoms with Gasteiger partial charge in [0.15, 0.2) is 0 Å². The van der Waals surface area contributed by atoms with E-state index in [1.807, 2.05) is 0 Å². The first-order chi connectivity index (χ1) is 9.49. The molecular weight excluding hydrogens is 253 g/mol. The van der Waals surface area contributed by atoms with Crippen LogP contribution in [0.2, 0.25) is 0 Å². The molecule has 2 N–H and O–H groups in total. The zero-order valence-corrected chi connectivity index (χ0v) is 12.4. The highest BCUT2D eigenvalue weighted by Gasteiger charge is 2.43. The third-order valence-electron chi connectivity index (χ3n) is 5.18. The number of fused-ring (bicyclic) bond motifs is 1. The fourth-order valence-corrected chi connectivity index (χ4v) is 3.83. The van der Waals surface area contributed by atoms with Crippen LogP contribution < -0.4 is 10.5 Å². The number of hydrogen-bond acceptors (Lipinski definition) is 2. The second-order valence-corrected chi connectivity index (χ2v) is 6.86. The minimum atomic E-state index is -0.246. The van der Waals surface area contributed by atoms with Crippen molar-refractivity contribution in [2.24, 2.45) is 17.6 Å². The van der Waals surface area contributed by atoms with Gasteiger partial charge in [0.25, 0.3) is 0 Å². The van der Waals surface area contributed by atoms with Gasteiger partial charge < -0.3 is 10.5 Å². The lowest BCUT2D eigenvalue weighted by Gasteiger charge is -2.46. The monoisotopic (exact) mass is 277 g/mol. The molecule has 2 aliphatic rings. The Morgan fingerprint density at radius 2 is 2.00 bits per heavy atom. The van der Waals surface area contributed by atoms with Gasteiger partial charge in [-0.2, -0.15) is 0 Å². The molecule has 1 heterocycles. The largest absolute Gasteiger partial charge is 0.487 e. The molecule has 0 radical (unpaired) electrons. The van der Waals surface area contributed by atoms with Gasteiger partial charge in [-0.15, -0.1) is 0 Å². The molecule has 1 aromatic rings. The molecule has 1 aromatic carbocycles. The van der Waals surface area contributed by atoms with Crippen LogP contribution in [0, 0.1) is 17.7 Å². The van der Waals surface area contributed by atoms with Crippen molar-refractivity contribution in [3.8, 4) is 5.75 Å². The fourth-order valence-electron chi connectivity index (χ4n) is 3.83. The van der Waals surface area contributed by atoms with Crippen molar-refractivity contribution in [2.45, 2.75) is 57.6 Å². The van der Waals surface area contributed by atoms with E-state index in [1.54, 1.807) is 6.07 Å². The molecule has 1 atom stereocenters. The third-order valence-corrected chi connectivity index (χ3v) is 5.18. The first-order valence-corrected chi connectivity index (χ1v) is 7.73. The quantitative estimate of drug-likeness (QED) is 0.835. The minimum Gasteiger partial charge on any atom is -0.487 e. The van der Waals surface area contributed by atoms with Crippen molar-refractivity contribution < 1.29 is 9.13 Å². The Kier molecular flexibility index (Phi) is 3.49. The molecule has 110 valence electrons. The van der Waals surface area contributed by atoms with Crippen LogP contribution in [0.1, 0.15) is 57.6 Å². The zero-order valence-electron chi connectivity index (χ0n) is 12.4. The maximum absolute atomic E-state index is 13.4. The Labute approximate surface area is 120 Å². The molecule has 2 nitrogen and oxygen atoms in total. The smallest absolute Gasteiger partial charge is 0.127 e. The van der Waals surface area contributed by atoms with Crippen LogP contribution in [-0.4, -0.2) is 5.60 Å². The normalized spacial score (nSPS) is 33.0. The first-order valence-electron chi connectivity index (χ1n) is 7.73. The van der Waals surface area contributed by atoms with Crippen molar-refractivity contribution in [2.75, 3.05) is 0 Å². The topological polar surface area (TPSA) is 35.2 Å². The second kappa shape index (κ2) is 5.03. The van der Waals surface area contributed by atoms with Gasteiger partial charge in [0.2, 0.25) is 0 Å². The Balaban J connectivity index is 1.81. The van der Waals surface area contributed by atoms with E-state index in [0.717, 1.165) is 36.7 Å². The van der Waals surface area contributed by atoms with E-state index >= 15 is 0 Å². The summed E-state index contributed by atoms with van der Waals surface area (Å²) in [6.45, 7) is 4.58. The number of rotatable bonds is 1. The van der Waals surface area contributed by atoms with Crippen molar-refractivity contribution in [1.29, 1.82) is 0 Å². The Morgan fingerprint density at radius 3 is 2.65 bits per heavy atom. The van der Waals surface area contributed by atoms with Gasteiger partial charge in [-0.05, 0) is 43.6 Å². The summed E-state index contributed by atoms with van der Waals surface area (Å²) in [6.07, 6.45) is 5.32. The summed E-state index contributed by atoms with van der Waals surface area (Å²) in [5.41, 5.74) is 7.08. The van der Waals surface area contributed by atoms with Crippen molar-refractivity contribution in [1.82, 2.24) is 0 Å². The van der Waals surface area contributed by atoms with Crippen LogP contribution in [0.5, 0.6) is 5.75 Å².